The number of carbonyl (C=O) groups excluding carboxylic acids is 1. The number of hydrogen-bond donors (Lipinski definition) is 2. The van der Waals surface area contributed by atoms with E-state index in [0.717, 1.165) is 0 Å². The summed E-state index contributed by atoms with van der Waals surface area (Å²) in [5.41, 5.74) is 0.971. The summed E-state index contributed by atoms with van der Waals surface area (Å²) in [4.78, 5) is 12.7. The Morgan fingerprint density at radius 3 is 2.07 bits per heavy atom. The largest absolute Gasteiger partial charge is 0.384 e. The molecular weight excluding hydrogens is 409 g/mol. The fourth-order valence-corrected chi connectivity index (χ4v) is 4.43. The number of halogens is 1. The third-order valence-electron chi connectivity index (χ3n) is 4.87. The minimum absolute atomic E-state index is 0.0391. The molecule has 0 bridgehead atoms. The number of amides is 1. The van der Waals surface area contributed by atoms with E-state index in [0.29, 0.717) is 16.7 Å². The number of nitrogens with zero attached hydrogens (tertiary/aromatic N) is 2. The molecule has 1 amide bonds. The zero-order chi connectivity index (χ0) is 23.0. The Morgan fingerprint density at radius 2 is 1.67 bits per heavy atom. The molecule has 166 valence electrons. The van der Waals surface area contributed by atoms with Crippen LogP contribution in [-0.4, -0.2) is 29.2 Å². The predicted octanol–water partition coefficient (Wildman–Crippen LogP) is 3.08. The fourth-order valence-electron chi connectivity index (χ4n) is 3.46. The molecule has 0 spiro atoms. The number of sulfonamides is 1. The molecule has 2 rings (SSSR count). The van der Waals surface area contributed by atoms with E-state index in [9.17, 15) is 22.7 Å². The SMILES string of the molecule is CC(C)c1cc(F)cc(C(C)C)c1CC(=O)NS(=O)(=O)c1cc(C(C)(C)O)n(C)n1. The van der Waals surface area contributed by atoms with Crippen LogP contribution >= 0.6 is 0 Å². The van der Waals surface area contributed by atoms with Crippen LogP contribution in [0.4, 0.5) is 4.39 Å². The quantitative estimate of drug-likeness (QED) is 0.690. The van der Waals surface area contributed by atoms with E-state index < -0.39 is 21.5 Å². The molecule has 0 atom stereocenters. The second-order valence-corrected chi connectivity index (χ2v) is 10.3. The Balaban J connectivity index is 2.36. The van der Waals surface area contributed by atoms with Crippen LogP contribution in [0.25, 0.3) is 0 Å². The van der Waals surface area contributed by atoms with Crippen LogP contribution in [-0.2, 0) is 33.9 Å². The van der Waals surface area contributed by atoms with Crippen LogP contribution in [0, 0.1) is 5.82 Å². The minimum Gasteiger partial charge on any atom is -0.384 e. The molecule has 7 nitrogen and oxygen atoms in total. The van der Waals surface area contributed by atoms with Crippen LogP contribution in [0.15, 0.2) is 23.2 Å². The molecule has 0 unspecified atom stereocenters. The normalized spacial score (nSPS) is 12.6. The monoisotopic (exact) mass is 439 g/mol. The van der Waals surface area contributed by atoms with Crippen LogP contribution in [0.2, 0.25) is 0 Å². The van der Waals surface area contributed by atoms with Crippen molar-refractivity contribution in [2.45, 2.75) is 70.4 Å². The van der Waals surface area contributed by atoms with Gasteiger partial charge in [0.25, 0.3) is 10.0 Å². The summed E-state index contributed by atoms with van der Waals surface area (Å²) in [6, 6.07) is 4.01. The average molecular weight is 440 g/mol. The van der Waals surface area contributed by atoms with Gasteiger partial charge in [-0.25, -0.2) is 9.11 Å². The molecule has 9 heteroatoms. The lowest BCUT2D eigenvalue weighted by Crippen LogP contribution is -2.32. The van der Waals surface area contributed by atoms with E-state index in [4.69, 9.17) is 0 Å². The maximum Gasteiger partial charge on any atom is 0.283 e. The highest BCUT2D eigenvalue weighted by Gasteiger charge is 2.28. The lowest BCUT2D eigenvalue weighted by atomic mass is 9.87. The van der Waals surface area contributed by atoms with Crippen LogP contribution < -0.4 is 4.72 Å². The van der Waals surface area contributed by atoms with E-state index in [1.807, 2.05) is 32.4 Å². The molecule has 0 aliphatic carbocycles. The second-order valence-electron chi connectivity index (χ2n) is 8.63. The van der Waals surface area contributed by atoms with Crippen molar-refractivity contribution in [3.63, 3.8) is 0 Å². The van der Waals surface area contributed by atoms with Gasteiger partial charge in [-0.1, -0.05) is 27.7 Å². The van der Waals surface area contributed by atoms with Gasteiger partial charge in [-0.05, 0) is 54.5 Å². The van der Waals surface area contributed by atoms with Crippen molar-refractivity contribution in [3.8, 4) is 0 Å². The third-order valence-corrected chi connectivity index (χ3v) is 6.12. The number of aliphatic hydroxyl groups is 1. The van der Waals surface area contributed by atoms with Crippen LogP contribution in [0.1, 0.15) is 75.8 Å². The highest BCUT2D eigenvalue weighted by atomic mass is 32.2. The molecule has 0 fully saturated rings. The maximum atomic E-state index is 14.1. The maximum absolute atomic E-state index is 14.1. The molecule has 1 aromatic heterocycles. The second kappa shape index (κ2) is 8.47. The summed E-state index contributed by atoms with van der Waals surface area (Å²) in [6.45, 7) is 10.6. The van der Waals surface area contributed by atoms with Crippen molar-refractivity contribution in [1.29, 1.82) is 0 Å². The molecule has 2 N–H and O–H groups in total. The van der Waals surface area contributed by atoms with Crippen molar-refractivity contribution in [2.24, 2.45) is 7.05 Å². The number of carbonyl (C=O) groups is 1. The standard InChI is InChI=1S/C21H30FN3O4S/c1-12(2)15-8-14(22)9-16(13(3)4)17(15)10-19(26)24-30(28,29)20-11-18(21(5,6)27)25(7)23-20/h8-9,11-13,27H,10H2,1-7H3,(H,24,26). The van der Waals surface area contributed by atoms with Crippen molar-refractivity contribution in [2.75, 3.05) is 0 Å². The summed E-state index contributed by atoms with van der Waals surface area (Å²) in [5, 5.41) is 13.7. The fraction of sp³-hybridized carbons (Fsp3) is 0.524. The molecule has 0 saturated carbocycles. The van der Waals surface area contributed by atoms with Crippen molar-refractivity contribution >= 4 is 15.9 Å². The highest BCUT2D eigenvalue weighted by molar-refractivity contribution is 7.90. The van der Waals surface area contributed by atoms with Crippen molar-refractivity contribution < 1.29 is 22.7 Å². The molecule has 2 aromatic rings. The van der Waals surface area contributed by atoms with Gasteiger partial charge in [0.2, 0.25) is 5.91 Å². The van der Waals surface area contributed by atoms with Gasteiger partial charge in [0, 0.05) is 13.1 Å². The van der Waals surface area contributed by atoms with Crippen LogP contribution in [0.3, 0.4) is 0 Å². The third kappa shape index (κ3) is 5.26. The molecule has 1 aromatic carbocycles. The van der Waals surface area contributed by atoms with Crippen molar-refractivity contribution in [1.82, 2.24) is 14.5 Å². The van der Waals surface area contributed by atoms with Gasteiger partial charge in [-0.15, -0.1) is 0 Å². The first-order chi connectivity index (χ1) is 13.6. The minimum atomic E-state index is -4.23. The zero-order valence-electron chi connectivity index (χ0n) is 18.4. The van der Waals surface area contributed by atoms with Gasteiger partial charge >= 0.3 is 0 Å². The van der Waals surface area contributed by atoms with E-state index in [-0.39, 0.29) is 34.8 Å². The first-order valence-electron chi connectivity index (χ1n) is 9.78. The Hall–Kier alpha value is -2.26. The Kier molecular flexibility index (Phi) is 6.78. The highest BCUT2D eigenvalue weighted by Crippen LogP contribution is 2.30. The molecule has 0 saturated heterocycles. The molecule has 0 aliphatic rings. The molecule has 1 heterocycles. The predicted molar refractivity (Wildman–Crippen MR) is 112 cm³/mol. The zero-order valence-corrected chi connectivity index (χ0v) is 19.3. The Morgan fingerprint density at radius 1 is 1.17 bits per heavy atom. The average Bonchev–Trinajstić information content (AvgIpc) is 2.98. The smallest absolute Gasteiger partial charge is 0.283 e. The first-order valence-corrected chi connectivity index (χ1v) is 11.3. The van der Waals surface area contributed by atoms with E-state index in [1.165, 1.54) is 43.8 Å². The summed E-state index contributed by atoms with van der Waals surface area (Å²) >= 11 is 0. The van der Waals surface area contributed by atoms with Gasteiger partial charge < -0.3 is 5.11 Å². The van der Waals surface area contributed by atoms with E-state index in [2.05, 4.69) is 5.10 Å². The molecule has 0 radical (unpaired) electrons. The first kappa shape index (κ1) is 24.0. The summed E-state index contributed by atoms with van der Waals surface area (Å²) in [6.07, 6.45) is -0.203. The topological polar surface area (TPSA) is 101 Å². The summed E-state index contributed by atoms with van der Waals surface area (Å²) < 4.78 is 42.7. The number of hydrogen-bond acceptors (Lipinski definition) is 5. The molecule has 30 heavy (non-hydrogen) atoms. The lowest BCUT2D eigenvalue weighted by molar-refractivity contribution is -0.118. The van der Waals surface area contributed by atoms with Crippen LogP contribution in [0.5, 0.6) is 0 Å². The Bertz CT molecular complexity index is 1020. The molecule has 0 aliphatic heterocycles. The van der Waals surface area contributed by atoms with Gasteiger partial charge in [-0.2, -0.15) is 13.5 Å². The van der Waals surface area contributed by atoms with Gasteiger partial charge in [0.15, 0.2) is 5.03 Å². The number of rotatable bonds is 7. The number of aromatic nitrogens is 2. The van der Waals surface area contributed by atoms with Gasteiger partial charge in [0.1, 0.15) is 11.4 Å². The number of nitrogens with one attached hydrogen (secondary N) is 1. The Labute approximate surface area is 177 Å². The summed E-state index contributed by atoms with van der Waals surface area (Å²) in [7, 11) is -2.72. The van der Waals surface area contributed by atoms with E-state index >= 15 is 0 Å². The van der Waals surface area contributed by atoms with Gasteiger partial charge in [0.05, 0.1) is 12.1 Å². The van der Waals surface area contributed by atoms with Gasteiger partial charge in [-0.3, -0.25) is 9.48 Å². The summed E-state index contributed by atoms with van der Waals surface area (Å²) in [5.74, 6) is -1.20. The number of benzene rings is 1. The van der Waals surface area contributed by atoms with Crippen molar-refractivity contribution in [3.05, 3.63) is 46.4 Å². The molecular formula is C21H30FN3O4S. The van der Waals surface area contributed by atoms with E-state index in [1.54, 1.807) is 0 Å². The lowest BCUT2D eigenvalue weighted by Gasteiger charge is -2.19. The number of aryl methyl sites for hydroxylation is 1.